The van der Waals surface area contributed by atoms with Gasteiger partial charge in [-0.3, -0.25) is 0 Å². The molecule has 0 aliphatic heterocycles. The summed E-state index contributed by atoms with van der Waals surface area (Å²) in [7, 11) is 0. The molecule has 2 fully saturated rings. The van der Waals surface area contributed by atoms with E-state index in [1.54, 1.807) is 11.1 Å². The molecule has 2 bridgehead atoms. The average Bonchev–Trinajstić information content (AvgIpc) is 3.63. The molecule has 2 saturated carbocycles. The highest BCUT2D eigenvalue weighted by molar-refractivity contribution is 5.90. The molecular weight excluding hydrogens is 434 g/mol. The monoisotopic (exact) mass is 463 g/mol. The second kappa shape index (κ2) is 7.58. The third kappa shape index (κ3) is 2.77. The van der Waals surface area contributed by atoms with Crippen molar-refractivity contribution in [2.24, 2.45) is 11.8 Å². The van der Waals surface area contributed by atoms with Crippen LogP contribution in [0.2, 0.25) is 0 Å². The highest BCUT2D eigenvalue weighted by Gasteiger charge is 2.56. The van der Waals surface area contributed by atoms with Crippen LogP contribution in [-0.4, -0.2) is 0 Å². The zero-order valence-electron chi connectivity index (χ0n) is 20.4. The third-order valence-electron chi connectivity index (χ3n) is 9.29. The van der Waals surface area contributed by atoms with Crippen LogP contribution in [0.25, 0.3) is 21.9 Å². The van der Waals surface area contributed by atoms with Crippen LogP contribution in [-0.2, 0) is 5.41 Å². The van der Waals surface area contributed by atoms with E-state index in [4.69, 9.17) is 0 Å². The van der Waals surface area contributed by atoms with E-state index in [-0.39, 0.29) is 5.41 Å². The Hall–Kier alpha value is -3.84. The van der Waals surface area contributed by atoms with Gasteiger partial charge >= 0.3 is 0 Å². The van der Waals surface area contributed by atoms with Crippen LogP contribution >= 0.6 is 0 Å². The topological polar surface area (TPSA) is 3.24 Å². The highest BCUT2D eigenvalue weighted by atomic mass is 15.1. The molecule has 0 aromatic heterocycles. The van der Waals surface area contributed by atoms with E-state index in [1.807, 2.05) is 0 Å². The van der Waals surface area contributed by atoms with Crippen molar-refractivity contribution in [3.8, 4) is 11.1 Å². The van der Waals surface area contributed by atoms with Crippen molar-refractivity contribution in [1.29, 1.82) is 0 Å². The van der Waals surface area contributed by atoms with E-state index in [9.17, 15) is 0 Å². The fraction of sp³-hybridized carbons (Fsp3) is 0.200. The summed E-state index contributed by atoms with van der Waals surface area (Å²) in [5.74, 6) is 1.65. The Morgan fingerprint density at radius 1 is 0.556 bits per heavy atom. The lowest BCUT2D eigenvalue weighted by atomic mass is 9.67. The van der Waals surface area contributed by atoms with E-state index < -0.39 is 0 Å². The standard InChI is InChI=1S/C35H29N/c1-2-10-28(11-3-1)36(29-17-15-25-8-4-5-9-26(25)21-29)30-18-19-32-31-12-6-7-13-33(31)35(34(32)22-30)23-24-14-16-27(35)20-24/h1-13,15,17-19,21-22,24,27H,14,16,20,23H2. The van der Waals surface area contributed by atoms with Gasteiger partial charge in [0.15, 0.2) is 0 Å². The van der Waals surface area contributed by atoms with Gasteiger partial charge < -0.3 is 4.90 Å². The van der Waals surface area contributed by atoms with E-state index in [2.05, 4.69) is 120 Å². The number of hydrogen-bond acceptors (Lipinski definition) is 1. The van der Waals surface area contributed by atoms with Gasteiger partial charge in [0.25, 0.3) is 0 Å². The summed E-state index contributed by atoms with van der Waals surface area (Å²) in [4.78, 5) is 2.44. The lowest BCUT2D eigenvalue weighted by Crippen LogP contribution is -2.31. The first kappa shape index (κ1) is 20.4. The first-order valence-corrected chi connectivity index (χ1v) is 13.4. The van der Waals surface area contributed by atoms with Crippen LogP contribution in [0.4, 0.5) is 17.1 Å². The van der Waals surface area contributed by atoms with E-state index in [1.165, 1.54) is 64.6 Å². The lowest BCUT2D eigenvalue weighted by Gasteiger charge is -2.37. The van der Waals surface area contributed by atoms with Crippen molar-refractivity contribution < 1.29 is 0 Å². The Morgan fingerprint density at radius 2 is 1.28 bits per heavy atom. The van der Waals surface area contributed by atoms with Crippen molar-refractivity contribution in [3.63, 3.8) is 0 Å². The fourth-order valence-electron chi connectivity index (χ4n) is 7.86. The largest absolute Gasteiger partial charge is 0.310 e. The Balaban J connectivity index is 1.34. The second-order valence-electron chi connectivity index (χ2n) is 11.0. The van der Waals surface area contributed by atoms with Crippen molar-refractivity contribution in [2.45, 2.75) is 31.1 Å². The number of nitrogens with zero attached hydrogens (tertiary/aromatic N) is 1. The van der Waals surface area contributed by atoms with Crippen molar-refractivity contribution in [2.75, 3.05) is 4.90 Å². The smallest absolute Gasteiger partial charge is 0.0468 e. The zero-order chi connectivity index (χ0) is 23.7. The molecular formula is C35H29N. The number of para-hydroxylation sites is 1. The third-order valence-corrected chi connectivity index (χ3v) is 9.29. The first-order chi connectivity index (χ1) is 17.8. The molecule has 8 rings (SSSR count). The van der Waals surface area contributed by atoms with Gasteiger partial charge in [-0.05, 0) is 101 Å². The molecule has 1 spiro atoms. The van der Waals surface area contributed by atoms with Gasteiger partial charge in [0.05, 0.1) is 0 Å². The Labute approximate surface area is 213 Å². The van der Waals surface area contributed by atoms with Gasteiger partial charge in [-0.2, -0.15) is 0 Å². The molecule has 0 radical (unpaired) electrons. The highest BCUT2D eigenvalue weighted by Crippen LogP contribution is 2.66. The molecule has 1 nitrogen and oxygen atoms in total. The summed E-state index contributed by atoms with van der Waals surface area (Å²) in [6.07, 6.45) is 5.49. The van der Waals surface area contributed by atoms with Crippen LogP contribution in [0.15, 0.2) is 115 Å². The molecule has 3 aliphatic carbocycles. The van der Waals surface area contributed by atoms with Gasteiger partial charge in [-0.15, -0.1) is 0 Å². The molecule has 0 N–H and O–H groups in total. The van der Waals surface area contributed by atoms with Gasteiger partial charge in [-0.1, -0.05) is 85.3 Å². The summed E-state index contributed by atoms with van der Waals surface area (Å²) in [6, 6.07) is 42.9. The SMILES string of the molecule is c1ccc(N(c2ccc3c(c2)C2(CC4CCC2C4)c2ccccc2-3)c2ccc3ccccc3c2)cc1. The Morgan fingerprint density at radius 3 is 2.11 bits per heavy atom. The minimum Gasteiger partial charge on any atom is -0.310 e. The average molecular weight is 464 g/mol. The normalized spacial score (nSPS) is 23.2. The van der Waals surface area contributed by atoms with Crippen LogP contribution < -0.4 is 4.90 Å². The molecule has 1 heteroatoms. The van der Waals surface area contributed by atoms with E-state index >= 15 is 0 Å². The zero-order valence-corrected chi connectivity index (χ0v) is 20.4. The van der Waals surface area contributed by atoms with Gasteiger partial charge in [0.2, 0.25) is 0 Å². The van der Waals surface area contributed by atoms with Crippen LogP contribution in [0, 0.1) is 11.8 Å². The molecule has 0 heterocycles. The number of fused-ring (bicyclic) bond motifs is 9. The summed E-state index contributed by atoms with van der Waals surface area (Å²) >= 11 is 0. The van der Waals surface area contributed by atoms with Crippen molar-refractivity contribution in [1.82, 2.24) is 0 Å². The second-order valence-corrected chi connectivity index (χ2v) is 11.0. The maximum atomic E-state index is 2.54. The maximum Gasteiger partial charge on any atom is 0.0468 e. The predicted molar refractivity (Wildman–Crippen MR) is 150 cm³/mol. The van der Waals surface area contributed by atoms with Gasteiger partial charge in [0, 0.05) is 22.5 Å². The molecule has 3 unspecified atom stereocenters. The molecule has 5 aromatic rings. The molecule has 36 heavy (non-hydrogen) atoms. The van der Waals surface area contributed by atoms with E-state index in [0.717, 1.165) is 11.8 Å². The predicted octanol–water partition coefficient (Wildman–Crippen LogP) is 9.40. The fourth-order valence-corrected chi connectivity index (χ4v) is 7.86. The minimum atomic E-state index is 0.191. The summed E-state index contributed by atoms with van der Waals surface area (Å²) in [5.41, 5.74) is 9.91. The molecule has 0 amide bonds. The Bertz CT molecular complexity index is 1620. The molecule has 174 valence electrons. The number of hydrogen-bond donors (Lipinski definition) is 0. The van der Waals surface area contributed by atoms with Gasteiger partial charge in [0.1, 0.15) is 0 Å². The summed E-state index contributed by atoms with van der Waals surface area (Å²) in [6.45, 7) is 0. The molecule has 3 aliphatic rings. The minimum absolute atomic E-state index is 0.191. The number of benzene rings is 5. The first-order valence-electron chi connectivity index (χ1n) is 13.4. The quantitative estimate of drug-likeness (QED) is 0.257. The molecule has 5 aromatic carbocycles. The van der Waals surface area contributed by atoms with E-state index in [0.29, 0.717) is 0 Å². The molecule has 0 saturated heterocycles. The van der Waals surface area contributed by atoms with Crippen molar-refractivity contribution >= 4 is 27.8 Å². The number of rotatable bonds is 3. The Kier molecular flexibility index (Phi) is 4.29. The summed E-state index contributed by atoms with van der Waals surface area (Å²) < 4.78 is 0. The number of anilines is 3. The van der Waals surface area contributed by atoms with Crippen LogP contribution in [0.3, 0.4) is 0 Å². The lowest BCUT2D eigenvalue weighted by molar-refractivity contribution is 0.327. The van der Waals surface area contributed by atoms with Gasteiger partial charge in [-0.25, -0.2) is 0 Å². The van der Waals surface area contributed by atoms with Crippen LogP contribution in [0.1, 0.15) is 36.8 Å². The van der Waals surface area contributed by atoms with Crippen LogP contribution in [0.5, 0.6) is 0 Å². The molecule has 3 atom stereocenters. The maximum absolute atomic E-state index is 2.54. The van der Waals surface area contributed by atoms with Crippen molar-refractivity contribution in [3.05, 3.63) is 126 Å². The summed E-state index contributed by atoms with van der Waals surface area (Å²) in [5, 5.41) is 2.55.